The van der Waals surface area contributed by atoms with E-state index < -0.39 is 6.29 Å². The average Bonchev–Trinajstić information content (AvgIpc) is 3.13. The second-order valence-electron chi connectivity index (χ2n) is 8.98. The van der Waals surface area contributed by atoms with Gasteiger partial charge in [0.05, 0.1) is 5.92 Å². The second-order valence-corrected chi connectivity index (χ2v) is 8.98. The molecule has 5 rings (SSSR count). The van der Waals surface area contributed by atoms with Crippen molar-refractivity contribution in [3.63, 3.8) is 0 Å². The molecule has 0 aromatic heterocycles. The number of carbonyl (C=O) groups excluding carboxylic acids is 3. The molecule has 1 aliphatic carbocycles. The molecule has 2 aliphatic heterocycles. The van der Waals surface area contributed by atoms with Gasteiger partial charge in [0.25, 0.3) is 0 Å². The molecule has 1 N–H and O–H groups in total. The Kier molecular flexibility index (Phi) is 5.43. The van der Waals surface area contributed by atoms with Gasteiger partial charge in [-0.15, -0.1) is 0 Å². The first kappa shape index (κ1) is 20.7. The molecular weight excluding hydrogens is 404 g/mol. The Morgan fingerprint density at radius 3 is 2.47 bits per heavy atom. The zero-order valence-corrected chi connectivity index (χ0v) is 18.2. The molecule has 2 aromatic carbocycles. The van der Waals surface area contributed by atoms with Gasteiger partial charge < -0.3 is 4.90 Å². The maximum atomic E-state index is 13.5. The summed E-state index contributed by atoms with van der Waals surface area (Å²) < 4.78 is 0. The number of rotatable bonds is 5. The number of Topliss-reactive ketones (excluding diaryl/α,β-unsaturated/α-hetero) is 1. The summed E-state index contributed by atoms with van der Waals surface area (Å²) in [5.41, 5.74) is 5.84. The molecule has 0 radical (unpaired) electrons. The van der Waals surface area contributed by atoms with E-state index in [-0.39, 0.29) is 36.2 Å². The first-order valence-electron chi connectivity index (χ1n) is 11.3. The van der Waals surface area contributed by atoms with Crippen molar-refractivity contribution in [2.45, 2.75) is 51.5 Å². The minimum Gasteiger partial charge on any atom is -0.303 e. The number of carbonyl (C=O) groups is 3. The minimum absolute atomic E-state index is 0.0698. The molecule has 0 bridgehead atoms. The fourth-order valence-corrected chi connectivity index (χ4v) is 5.14. The predicted molar refractivity (Wildman–Crippen MR) is 119 cm³/mol. The smallest absolute Gasteiger partial charge is 0.303 e. The lowest BCUT2D eigenvalue weighted by atomic mass is 9.81. The number of hydrogen-bond acceptors (Lipinski definition) is 4. The summed E-state index contributed by atoms with van der Waals surface area (Å²) in [5.74, 6) is -0.221. The summed E-state index contributed by atoms with van der Waals surface area (Å²) >= 11 is 0. The van der Waals surface area contributed by atoms with Gasteiger partial charge in [0, 0.05) is 18.2 Å². The van der Waals surface area contributed by atoms with E-state index in [1.807, 2.05) is 49.4 Å². The summed E-state index contributed by atoms with van der Waals surface area (Å²) in [5, 5.41) is 1.38. The molecular formula is C25H28N4O3. The number of fused-ring (bicyclic) bond motifs is 3. The molecule has 3 atom stereocenters. The molecule has 2 aromatic rings. The van der Waals surface area contributed by atoms with Crippen LogP contribution in [0.25, 0.3) is 0 Å². The fraction of sp³-hybridized carbons (Fsp3) is 0.400. The molecule has 3 unspecified atom stereocenters. The normalized spacial score (nSPS) is 25.0. The van der Waals surface area contributed by atoms with Gasteiger partial charge in [-0.05, 0) is 25.3 Å². The first-order valence-corrected chi connectivity index (χ1v) is 11.3. The quantitative estimate of drug-likeness (QED) is 0.736. The topological polar surface area (TPSA) is 73.0 Å². The van der Waals surface area contributed by atoms with Crippen molar-refractivity contribution in [3.8, 4) is 0 Å². The highest BCUT2D eigenvalue weighted by molar-refractivity contribution is 5.99. The molecule has 2 saturated heterocycles. The van der Waals surface area contributed by atoms with Gasteiger partial charge in [-0.1, -0.05) is 73.0 Å². The van der Waals surface area contributed by atoms with Crippen LogP contribution in [0.2, 0.25) is 0 Å². The summed E-state index contributed by atoms with van der Waals surface area (Å²) in [6.07, 6.45) is 3.06. The Balaban J connectivity index is 1.41. The number of benzene rings is 2. The van der Waals surface area contributed by atoms with E-state index >= 15 is 0 Å². The van der Waals surface area contributed by atoms with Gasteiger partial charge in [0.1, 0.15) is 6.54 Å². The van der Waals surface area contributed by atoms with E-state index in [1.54, 1.807) is 21.9 Å². The van der Waals surface area contributed by atoms with Crippen molar-refractivity contribution in [3.05, 3.63) is 71.3 Å². The Bertz CT molecular complexity index is 1020. The molecule has 1 saturated carbocycles. The molecule has 3 fully saturated rings. The lowest BCUT2D eigenvalue weighted by Gasteiger charge is -2.48. The zero-order valence-electron chi connectivity index (χ0n) is 18.2. The van der Waals surface area contributed by atoms with Crippen molar-refractivity contribution in [2.24, 2.45) is 5.92 Å². The lowest BCUT2D eigenvalue weighted by molar-refractivity contribution is -0.157. The van der Waals surface area contributed by atoms with Crippen LogP contribution in [0, 0.1) is 12.8 Å². The molecule has 7 heteroatoms. The van der Waals surface area contributed by atoms with Crippen molar-refractivity contribution >= 4 is 17.7 Å². The third-order valence-corrected chi connectivity index (χ3v) is 6.84. The minimum atomic E-state index is -0.569. The number of urea groups is 1. The van der Waals surface area contributed by atoms with Crippen molar-refractivity contribution in [1.82, 2.24) is 20.2 Å². The van der Waals surface area contributed by atoms with Crippen LogP contribution in [0.3, 0.4) is 0 Å². The fourth-order valence-electron chi connectivity index (χ4n) is 5.14. The standard InChI is InChI=1S/C25H28N4O3/c1-17-11-13-19(14-12-17)22(30)16-28-25(32)29-21-10-6-5-9-20(21)23(31)27(24(29)26-28)15-18-7-3-2-4-8-18/h2-4,7-8,11-14,20-21,24,26H,5-6,9-10,15-16H2,1H3. The van der Waals surface area contributed by atoms with E-state index in [0.717, 1.165) is 36.8 Å². The largest absolute Gasteiger partial charge is 0.337 e. The lowest BCUT2D eigenvalue weighted by Crippen LogP contribution is -2.65. The Hall–Kier alpha value is -3.19. The molecule has 0 spiro atoms. The predicted octanol–water partition coefficient (Wildman–Crippen LogP) is 3.30. The number of hydrazine groups is 1. The Morgan fingerprint density at radius 2 is 1.72 bits per heavy atom. The number of amides is 3. The number of nitrogens with zero attached hydrogens (tertiary/aromatic N) is 3. The van der Waals surface area contributed by atoms with Crippen LogP contribution < -0.4 is 5.43 Å². The van der Waals surface area contributed by atoms with Gasteiger partial charge in [-0.2, -0.15) is 5.43 Å². The number of aryl methyl sites for hydroxylation is 1. The maximum absolute atomic E-state index is 13.5. The molecule has 2 heterocycles. The SMILES string of the molecule is Cc1ccc(C(=O)CN2NC3N(Cc4ccccc4)C(=O)C4CCCCC4N3C2=O)cc1. The van der Waals surface area contributed by atoms with E-state index in [9.17, 15) is 14.4 Å². The molecule has 3 amide bonds. The van der Waals surface area contributed by atoms with Crippen molar-refractivity contribution in [2.75, 3.05) is 6.54 Å². The van der Waals surface area contributed by atoms with Gasteiger partial charge in [-0.25, -0.2) is 9.80 Å². The molecule has 7 nitrogen and oxygen atoms in total. The highest BCUT2D eigenvalue weighted by atomic mass is 16.2. The highest BCUT2D eigenvalue weighted by Crippen LogP contribution is 2.38. The maximum Gasteiger partial charge on any atom is 0.337 e. The van der Waals surface area contributed by atoms with Crippen molar-refractivity contribution in [1.29, 1.82) is 0 Å². The van der Waals surface area contributed by atoms with Crippen LogP contribution in [0.5, 0.6) is 0 Å². The van der Waals surface area contributed by atoms with Gasteiger partial charge in [0.2, 0.25) is 5.91 Å². The van der Waals surface area contributed by atoms with E-state index in [4.69, 9.17) is 0 Å². The zero-order chi connectivity index (χ0) is 22.2. The second kappa shape index (κ2) is 8.39. The Labute approximate surface area is 187 Å². The number of hydrogen-bond donors (Lipinski definition) is 1. The third-order valence-electron chi connectivity index (χ3n) is 6.84. The van der Waals surface area contributed by atoms with Crippen LogP contribution in [0.1, 0.15) is 47.2 Å². The molecule has 166 valence electrons. The van der Waals surface area contributed by atoms with E-state index in [1.165, 1.54) is 5.01 Å². The highest BCUT2D eigenvalue weighted by Gasteiger charge is 2.54. The molecule has 32 heavy (non-hydrogen) atoms. The van der Waals surface area contributed by atoms with E-state index in [0.29, 0.717) is 12.1 Å². The molecule has 3 aliphatic rings. The van der Waals surface area contributed by atoms with Crippen molar-refractivity contribution < 1.29 is 14.4 Å². The number of ketones is 1. The van der Waals surface area contributed by atoms with Gasteiger partial charge >= 0.3 is 6.03 Å². The summed E-state index contributed by atoms with van der Waals surface area (Å²) in [6, 6.07) is 16.8. The number of nitrogens with one attached hydrogen (secondary N) is 1. The average molecular weight is 433 g/mol. The monoisotopic (exact) mass is 432 g/mol. The third kappa shape index (κ3) is 3.66. The van der Waals surface area contributed by atoms with Gasteiger partial charge in [0.15, 0.2) is 12.1 Å². The van der Waals surface area contributed by atoms with Gasteiger partial charge in [-0.3, -0.25) is 14.5 Å². The Morgan fingerprint density at radius 1 is 1.00 bits per heavy atom. The van der Waals surface area contributed by atoms with Crippen LogP contribution in [0.4, 0.5) is 4.79 Å². The van der Waals surface area contributed by atoms with E-state index in [2.05, 4.69) is 5.43 Å². The summed E-state index contributed by atoms with van der Waals surface area (Å²) in [6.45, 7) is 2.32. The first-order chi connectivity index (χ1) is 15.5. The summed E-state index contributed by atoms with van der Waals surface area (Å²) in [7, 11) is 0. The van der Waals surface area contributed by atoms with Crippen LogP contribution in [-0.2, 0) is 11.3 Å². The summed E-state index contributed by atoms with van der Waals surface area (Å²) in [4.78, 5) is 43.3. The van der Waals surface area contributed by atoms with Crippen LogP contribution in [0.15, 0.2) is 54.6 Å². The van der Waals surface area contributed by atoms with Crippen LogP contribution in [-0.4, -0.2) is 51.4 Å². The van der Waals surface area contributed by atoms with Crippen LogP contribution >= 0.6 is 0 Å².